The Balaban J connectivity index is 1.34. The molecular formula is C22H27N5O2. The number of nitrogens with zero attached hydrogens (tertiary/aromatic N) is 5. The first-order chi connectivity index (χ1) is 14.2. The number of amides is 2. The lowest BCUT2D eigenvalue weighted by Gasteiger charge is -2.35. The molecule has 0 bridgehead atoms. The van der Waals surface area contributed by atoms with Crippen molar-refractivity contribution in [2.45, 2.75) is 6.54 Å². The van der Waals surface area contributed by atoms with Crippen molar-refractivity contribution in [1.82, 2.24) is 19.7 Å². The van der Waals surface area contributed by atoms with Gasteiger partial charge in [-0.15, -0.1) is 0 Å². The third-order valence-corrected chi connectivity index (χ3v) is 5.71. The molecule has 7 nitrogen and oxygen atoms in total. The molecule has 0 unspecified atom stereocenters. The molecule has 2 saturated heterocycles. The van der Waals surface area contributed by atoms with Crippen molar-refractivity contribution in [1.29, 1.82) is 0 Å². The molecule has 2 aromatic rings. The number of hydrogen-bond donors (Lipinski definition) is 0. The van der Waals surface area contributed by atoms with Crippen LogP contribution in [-0.2, 0) is 11.3 Å². The van der Waals surface area contributed by atoms with Crippen molar-refractivity contribution in [2.75, 3.05) is 57.3 Å². The first-order valence-corrected chi connectivity index (χ1v) is 10.2. The van der Waals surface area contributed by atoms with E-state index in [1.807, 2.05) is 17.0 Å². The van der Waals surface area contributed by atoms with Crippen LogP contribution in [0, 0.1) is 0 Å². The lowest BCUT2D eigenvalue weighted by molar-refractivity contribution is -0.118. The van der Waals surface area contributed by atoms with Gasteiger partial charge in [-0.25, -0.2) is 0 Å². The number of rotatable bonds is 5. The van der Waals surface area contributed by atoms with E-state index in [0.29, 0.717) is 18.7 Å². The topological polar surface area (TPSA) is 60.0 Å². The van der Waals surface area contributed by atoms with Crippen LogP contribution in [-0.4, -0.2) is 84.4 Å². The van der Waals surface area contributed by atoms with Crippen LogP contribution in [0.5, 0.6) is 0 Å². The number of anilines is 1. The average molecular weight is 393 g/mol. The van der Waals surface area contributed by atoms with Gasteiger partial charge in [-0.3, -0.25) is 19.5 Å². The number of benzene rings is 1. The van der Waals surface area contributed by atoms with E-state index in [2.05, 4.69) is 39.0 Å². The van der Waals surface area contributed by atoms with Gasteiger partial charge in [0.2, 0.25) is 6.41 Å². The molecule has 0 N–H and O–H groups in total. The second kappa shape index (κ2) is 9.05. The quantitative estimate of drug-likeness (QED) is 0.717. The predicted octanol–water partition coefficient (Wildman–Crippen LogP) is 1.32. The van der Waals surface area contributed by atoms with Crippen LogP contribution in [0.2, 0.25) is 0 Å². The summed E-state index contributed by atoms with van der Waals surface area (Å²) >= 11 is 0. The maximum atomic E-state index is 13.0. The highest BCUT2D eigenvalue weighted by Crippen LogP contribution is 2.18. The molecule has 1 aromatic heterocycles. The third kappa shape index (κ3) is 4.74. The van der Waals surface area contributed by atoms with E-state index in [0.717, 1.165) is 57.9 Å². The zero-order valence-corrected chi connectivity index (χ0v) is 16.6. The summed E-state index contributed by atoms with van der Waals surface area (Å²) in [6, 6.07) is 12.4. The van der Waals surface area contributed by atoms with Gasteiger partial charge in [0.1, 0.15) is 0 Å². The average Bonchev–Trinajstić information content (AvgIpc) is 2.80. The Kier molecular flexibility index (Phi) is 6.05. The van der Waals surface area contributed by atoms with Crippen LogP contribution in [0.25, 0.3) is 0 Å². The maximum Gasteiger partial charge on any atom is 0.255 e. The molecule has 29 heavy (non-hydrogen) atoms. The Morgan fingerprint density at radius 2 is 1.66 bits per heavy atom. The lowest BCUT2D eigenvalue weighted by Crippen LogP contribution is -2.48. The smallest absolute Gasteiger partial charge is 0.255 e. The van der Waals surface area contributed by atoms with Crippen molar-refractivity contribution in [3.8, 4) is 0 Å². The molecule has 1 aromatic carbocycles. The second-order valence-corrected chi connectivity index (χ2v) is 7.61. The number of hydrogen-bond acceptors (Lipinski definition) is 5. The highest BCUT2D eigenvalue weighted by Gasteiger charge is 2.23. The van der Waals surface area contributed by atoms with Gasteiger partial charge in [0, 0.05) is 65.1 Å². The standard InChI is InChI=1S/C22H27N5O2/c28-18-25-8-10-26(11-9-25)21-14-20(15-23-16-21)22(29)27-12-6-24(7-13-27)17-19-4-2-1-3-5-19/h1-5,14-16,18H,6-13,17H2. The van der Waals surface area contributed by atoms with Crippen LogP contribution >= 0.6 is 0 Å². The highest BCUT2D eigenvalue weighted by atomic mass is 16.2. The lowest BCUT2D eigenvalue weighted by atomic mass is 10.1. The largest absolute Gasteiger partial charge is 0.367 e. The Morgan fingerprint density at radius 1 is 0.931 bits per heavy atom. The summed E-state index contributed by atoms with van der Waals surface area (Å²) in [5.41, 5.74) is 2.89. The van der Waals surface area contributed by atoms with Crippen molar-refractivity contribution in [3.05, 3.63) is 59.9 Å². The summed E-state index contributed by atoms with van der Waals surface area (Å²) in [5.74, 6) is 0.0465. The summed E-state index contributed by atoms with van der Waals surface area (Å²) in [6.45, 7) is 7.06. The zero-order valence-electron chi connectivity index (χ0n) is 16.6. The number of aromatic nitrogens is 1. The normalized spacial score (nSPS) is 18.0. The Bertz CT molecular complexity index is 828. The van der Waals surface area contributed by atoms with E-state index in [1.165, 1.54) is 5.56 Å². The molecule has 3 heterocycles. The molecular weight excluding hydrogens is 366 g/mol. The molecule has 2 fully saturated rings. The molecule has 2 aliphatic rings. The van der Waals surface area contributed by atoms with Crippen LogP contribution in [0.3, 0.4) is 0 Å². The van der Waals surface area contributed by atoms with Gasteiger partial charge in [-0.05, 0) is 11.6 Å². The summed E-state index contributed by atoms with van der Waals surface area (Å²) in [7, 11) is 0. The van der Waals surface area contributed by atoms with Crippen LogP contribution < -0.4 is 4.90 Å². The molecule has 2 amide bonds. The van der Waals surface area contributed by atoms with Gasteiger partial charge in [-0.2, -0.15) is 0 Å². The van der Waals surface area contributed by atoms with Crippen LogP contribution in [0.1, 0.15) is 15.9 Å². The Morgan fingerprint density at radius 3 is 2.34 bits per heavy atom. The molecule has 4 rings (SSSR count). The van der Waals surface area contributed by atoms with Crippen molar-refractivity contribution in [2.24, 2.45) is 0 Å². The first kappa shape index (κ1) is 19.4. The predicted molar refractivity (Wildman–Crippen MR) is 112 cm³/mol. The monoisotopic (exact) mass is 393 g/mol. The van der Waals surface area contributed by atoms with Gasteiger partial charge in [0.15, 0.2) is 0 Å². The zero-order chi connectivity index (χ0) is 20.1. The molecule has 0 atom stereocenters. The van der Waals surface area contributed by atoms with Gasteiger partial charge in [-0.1, -0.05) is 30.3 Å². The molecule has 152 valence electrons. The van der Waals surface area contributed by atoms with Crippen LogP contribution in [0.15, 0.2) is 48.8 Å². The SMILES string of the molecule is O=CN1CCN(c2cncc(C(=O)N3CCN(Cc4ccccc4)CC3)c2)CC1. The molecule has 7 heteroatoms. The molecule has 0 radical (unpaired) electrons. The number of piperazine rings is 2. The van der Waals surface area contributed by atoms with Crippen LogP contribution in [0.4, 0.5) is 5.69 Å². The number of carbonyl (C=O) groups is 2. The third-order valence-electron chi connectivity index (χ3n) is 5.71. The fraction of sp³-hybridized carbons (Fsp3) is 0.409. The van der Waals surface area contributed by atoms with E-state index in [-0.39, 0.29) is 5.91 Å². The minimum Gasteiger partial charge on any atom is -0.367 e. The van der Waals surface area contributed by atoms with Crippen molar-refractivity contribution in [3.63, 3.8) is 0 Å². The minimum absolute atomic E-state index is 0.0465. The minimum atomic E-state index is 0.0465. The van der Waals surface area contributed by atoms with Crippen molar-refractivity contribution < 1.29 is 9.59 Å². The maximum absolute atomic E-state index is 13.0. The fourth-order valence-corrected chi connectivity index (χ4v) is 3.94. The van der Waals surface area contributed by atoms with Gasteiger partial charge in [0.25, 0.3) is 5.91 Å². The number of pyridine rings is 1. The summed E-state index contributed by atoms with van der Waals surface area (Å²) in [6.07, 6.45) is 4.35. The highest BCUT2D eigenvalue weighted by molar-refractivity contribution is 5.94. The van der Waals surface area contributed by atoms with Gasteiger partial charge in [0.05, 0.1) is 17.4 Å². The second-order valence-electron chi connectivity index (χ2n) is 7.61. The van der Waals surface area contributed by atoms with E-state index >= 15 is 0 Å². The van der Waals surface area contributed by atoms with E-state index in [4.69, 9.17) is 0 Å². The Labute approximate surface area is 171 Å². The fourth-order valence-electron chi connectivity index (χ4n) is 3.94. The molecule has 2 aliphatic heterocycles. The molecule has 0 spiro atoms. The summed E-state index contributed by atoms with van der Waals surface area (Å²) in [4.78, 5) is 36.5. The van der Waals surface area contributed by atoms with Gasteiger partial charge >= 0.3 is 0 Å². The Hall–Kier alpha value is -2.93. The molecule has 0 saturated carbocycles. The van der Waals surface area contributed by atoms with E-state index in [1.54, 1.807) is 17.3 Å². The first-order valence-electron chi connectivity index (χ1n) is 10.2. The van der Waals surface area contributed by atoms with Crippen molar-refractivity contribution >= 4 is 18.0 Å². The molecule has 0 aliphatic carbocycles. The van der Waals surface area contributed by atoms with E-state index in [9.17, 15) is 9.59 Å². The van der Waals surface area contributed by atoms with Gasteiger partial charge < -0.3 is 14.7 Å². The number of carbonyl (C=O) groups excluding carboxylic acids is 2. The van der Waals surface area contributed by atoms with E-state index < -0.39 is 0 Å². The summed E-state index contributed by atoms with van der Waals surface area (Å²) < 4.78 is 0. The summed E-state index contributed by atoms with van der Waals surface area (Å²) in [5, 5.41) is 0.